The van der Waals surface area contributed by atoms with Crippen LogP contribution in [0.4, 0.5) is 0 Å². The first-order chi connectivity index (χ1) is 7.08. The summed E-state index contributed by atoms with van der Waals surface area (Å²) in [5.74, 6) is 0. The molecule has 92 valence electrons. The highest BCUT2D eigenvalue weighted by atomic mass is 14.9. The predicted molar refractivity (Wildman–Crippen MR) is 70.3 cm³/mol. The van der Waals surface area contributed by atoms with Gasteiger partial charge in [-0.2, -0.15) is 0 Å². The Morgan fingerprint density at radius 2 is 1.67 bits per heavy atom. The molecule has 0 bridgehead atoms. The minimum atomic E-state index is 0.447. The van der Waals surface area contributed by atoms with Gasteiger partial charge in [0.05, 0.1) is 0 Å². The van der Waals surface area contributed by atoms with Crippen LogP contribution in [0, 0.1) is 5.41 Å². The first-order valence-corrected chi connectivity index (χ1v) is 6.81. The van der Waals surface area contributed by atoms with Gasteiger partial charge in [-0.05, 0) is 31.2 Å². The topological polar surface area (TPSA) is 12.0 Å². The van der Waals surface area contributed by atoms with Crippen LogP contribution in [-0.4, -0.2) is 12.6 Å². The molecule has 0 saturated carbocycles. The molecule has 0 aromatic heterocycles. The quantitative estimate of drug-likeness (QED) is 0.561. The van der Waals surface area contributed by atoms with Crippen molar-refractivity contribution in [2.45, 2.75) is 79.2 Å². The van der Waals surface area contributed by atoms with E-state index in [-0.39, 0.29) is 0 Å². The van der Waals surface area contributed by atoms with Crippen LogP contribution in [-0.2, 0) is 0 Å². The molecule has 0 heterocycles. The molecule has 0 aliphatic heterocycles. The van der Waals surface area contributed by atoms with Gasteiger partial charge in [0.25, 0.3) is 0 Å². The van der Waals surface area contributed by atoms with E-state index in [0.717, 1.165) is 0 Å². The first kappa shape index (κ1) is 15.0. The molecule has 0 rings (SSSR count). The standard InChI is InChI=1S/C14H31N/c1-6-9-10-11-13(15-12-7-2)14(4,5)8-3/h13,15H,6-12H2,1-5H3. The first-order valence-electron chi connectivity index (χ1n) is 6.81. The molecular formula is C14H31N. The van der Waals surface area contributed by atoms with E-state index in [2.05, 4.69) is 39.9 Å². The van der Waals surface area contributed by atoms with Crippen molar-refractivity contribution in [3.63, 3.8) is 0 Å². The fraction of sp³-hybridized carbons (Fsp3) is 1.00. The number of unbranched alkanes of at least 4 members (excludes halogenated alkanes) is 2. The minimum Gasteiger partial charge on any atom is -0.313 e. The van der Waals surface area contributed by atoms with Crippen molar-refractivity contribution in [3.8, 4) is 0 Å². The lowest BCUT2D eigenvalue weighted by molar-refractivity contribution is 0.216. The van der Waals surface area contributed by atoms with Crippen LogP contribution in [0.3, 0.4) is 0 Å². The third-order valence-electron chi connectivity index (χ3n) is 3.59. The Morgan fingerprint density at radius 1 is 1.00 bits per heavy atom. The van der Waals surface area contributed by atoms with Gasteiger partial charge >= 0.3 is 0 Å². The van der Waals surface area contributed by atoms with Gasteiger partial charge in [0.2, 0.25) is 0 Å². The Morgan fingerprint density at radius 3 is 2.13 bits per heavy atom. The Hall–Kier alpha value is -0.0400. The Kier molecular flexibility index (Phi) is 8.13. The molecule has 0 aliphatic rings. The van der Waals surface area contributed by atoms with Gasteiger partial charge in [0, 0.05) is 6.04 Å². The molecule has 0 amide bonds. The molecule has 0 aliphatic carbocycles. The largest absolute Gasteiger partial charge is 0.313 e. The fourth-order valence-corrected chi connectivity index (χ4v) is 1.93. The molecule has 0 saturated heterocycles. The van der Waals surface area contributed by atoms with Gasteiger partial charge in [-0.15, -0.1) is 0 Å². The average Bonchev–Trinajstić information content (AvgIpc) is 2.23. The zero-order valence-corrected chi connectivity index (χ0v) is 11.5. The van der Waals surface area contributed by atoms with E-state index in [1.807, 2.05) is 0 Å². The predicted octanol–water partition coefficient (Wildman–Crippen LogP) is 4.37. The summed E-state index contributed by atoms with van der Waals surface area (Å²) in [6.07, 6.45) is 7.93. The summed E-state index contributed by atoms with van der Waals surface area (Å²) in [5.41, 5.74) is 0.447. The lowest BCUT2D eigenvalue weighted by atomic mass is 9.79. The molecule has 1 N–H and O–H groups in total. The maximum Gasteiger partial charge on any atom is 0.0118 e. The second-order valence-electron chi connectivity index (χ2n) is 5.34. The lowest BCUT2D eigenvalue weighted by Gasteiger charge is -2.34. The summed E-state index contributed by atoms with van der Waals surface area (Å²) in [6.45, 7) is 12.8. The Balaban J connectivity index is 4.05. The molecule has 1 heteroatoms. The minimum absolute atomic E-state index is 0.447. The molecule has 0 aromatic carbocycles. The summed E-state index contributed by atoms with van der Waals surface area (Å²) in [5, 5.41) is 3.72. The zero-order valence-electron chi connectivity index (χ0n) is 11.5. The second-order valence-corrected chi connectivity index (χ2v) is 5.34. The highest BCUT2D eigenvalue weighted by Crippen LogP contribution is 2.28. The van der Waals surface area contributed by atoms with Gasteiger partial charge < -0.3 is 5.32 Å². The smallest absolute Gasteiger partial charge is 0.0118 e. The Labute approximate surface area is 97.0 Å². The van der Waals surface area contributed by atoms with Crippen molar-refractivity contribution in [1.82, 2.24) is 5.32 Å². The average molecular weight is 213 g/mol. The van der Waals surface area contributed by atoms with E-state index in [4.69, 9.17) is 0 Å². The summed E-state index contributed by atoms with van der Waals surface area (Å²) in [7, 11) is 0. The van der Waals surface area contributed by atoms with Gasteiger partial charge in [-0.25, -0.2) is 0 Å². The zero-order chi connectivity index (χ0) is 11.7. The van der Waals surface area contributed by atoms with Crippen molar-refractivity contribution in [3.05, 3.63) is 0 Å². The van der Waals surface area contributed by atoms with Crippen LogP contribution >= 0.6 is 0 Å². The molecular weight excluding hydrogens is 182 g/mol. The second kappa shape index (κ2) is 8.15. The highest BCUT2D eigenvalue weighted by molar-refractivity contribution is 4.82. The van der Waals surface area contributed by atoms with Crippen molar-refractivity contribution < 1.29 is 0 Å². The maximum absolute atomic E-state index is 3.72. The summed E-state index contributed by atoms with van der Waals surface area (Å²) in [4.78, 5) is 0. The molecule has 1 nitrogen and oxygen atoms in total. The molecule has 0 spiro atoms. The summed E-state index contributed by atoms with van der Waals surface area (Å²) >= 11 is 0. The van der Waals surface area contributed by atoms with E-state index in [9.17, 15) is 0 Å². The van der Waals surface area contributed by atoms with E-state index < -0.39 is 0 Å². The fourth-order valence-electron chi connectivity index (χ4n) is 1.93. The third-order valence-corrected chi connectivity index (χ3v) is 3.59. The Bertz CT molecular complexity index is 140. The third kappa shape index (κ3) is 6.19. The number of rotatable bonds is 9. The van der Waals surface area contributed by atoms with Crippen LogP contribution in [0.25, 0.3) is 0 Å². The molecule has 1 atom stereocenters. The molecule has 0 radical (unpaired) electrons. The van der Waals surface area contributed by atoms with Crippen molar-refractivity contribution >= 4 is 0 Å². The number of hydrogen-bond acceptors (Lipinski definition) is 1. The maximum atomic E-state index is 3.72. The highest BCUT2D eigenvalue weighted by Gasteiger charge is 2.26. The van der Waals surface area contributed by atoms with Crippen LogP contribution in [0.5, 0.6) is 0 Å². The molecule has 0 aromatic rings. The van der Waals surface area contributed by atoms with Crippen LogP contribution in [0.1, 0.15) is 73.1 Å². The summed E-state index contributed by atoms with van der Waals surface area (Å²) in [6, 6.07) is 0.703. The lowest BCUT2D eigenvalue weighted by Crippen LogP contribution is -2.42. The SMILES string of the molecule is CCCCCC(NCCC)C(C)(C)CC. The van der Waals surface area contributed by atoms with E-state index in [0.29, 0.717) is 11.5 Å². The van der Waals surface area contributed by atoms with Gasteiger partial charge in [-0.3, -0.25) is 0 Å². The van der Waals surface area contributed by atoms with Crippen molar-refractivity contribution in [2.75, 3.05) is 6.54 Å². The summed E-state index contributed by atoms with van der Waals surface area (Å²) < 4.78 is 0. The van der Waals surface area contributed by atoms with Crippen molar-refractivity contribution in [1.29, 1.82) is 0 Å². The molecule has 15 heavy (non-hydrogen) atoms. The van der Waals surface area contributed by atoms with Gasteiger partial charge in [0.1, 0.15) is 0 Å². The van der Waals surface area contributed by atoms with Crippen LogP contribution in [0.2, 0.25) is 0 Å². The van der Waals surface area contributed by atoms with Gasteiger partial charge in [-0.1, -0.05) is 53.9 Å². The number of nitrogens with one attached hydrogen (secondary N) is 1. The van der Waals surface area contributed by atoms with Gasteiger partial charge in [0.15, 0.2) is 0 Å². The van der Waals surface area contributed by atoms with Crippen LogP contribution < -0.4 is 5.32 Å². The monoisotopic (exact) mass is 213 g/mol. The molecule has 1 unspecified atom stereocenters. The van der Waals surface area contributed by atoms with E-state index >= 15 is 0 Å². The van der Waals surface area contributed by atoms with Crippen molar-refractivity contribution in [2.24, 2.45) is 5.41 Å². The van der Waals surface area contributed by atoms with E-state index in [1.165, 1.54) is 45.1 Å². The van der Waals surface area contributed by atoms with Crippen LogP contribution in [0.15, 0.2) is 0 Å². The van der Waals surface area contributed by atoms with E-state index in [1.54, 1.807) is 0 Å². The normalized spacial score (nSPS) is 14.2. The molecule has 0 fully saturated rings. The number of hydrogen-bond donors (Lipinski definition) is 1.